The number of halogens is 2. The maximum atomic E-state index is 14.7. The second-order valence-corrected chi connectivity index (χ2v) is 9.95. The van der Waals surface area contributed by atoms with Crippen LogP contribution in [0.4, 0.5) is 4.39 Å². The van der Waals surface area contributed by atoms with Gasteiger partial charge in [-0.1, -0.05) is 56.0 Å². The van der Waals surface area contributed by atoms with Gasteiger partial charge in [0, 0.05) is 0 Å². The monoisotopic (exact) mass is 434 g/mol. The van der Waals surface area contributed by atoms with Crippen molar-refractivity contribution < 1.29 is 9.13 Å². The standard InChI is InChI=1S/C27H40ClFO/c1-3-5-19-30-25-18-17-24(27(29)26(25)28)16-11-21-9-14-23(15-10-21)22-12-7-20(6-4-2)8-13-22/h4,6,17-18,20-23H,3,5,7-16,19H2,1-2H3. The van der Waals surface area contributed by atoms with E-state index in [0.29, 0.717) is 12.4 Å². The van der Waals surface area contributed by atoms with Crippen LogP contribution in [0.25, 0.3) is 0 Å². The van der Waals surface area contributed by atoms with Crippen LogP contribution in [0.3, 0.4) is 0 Å². The van der Waals surface area contributed by atoms with Crippen LogP contribution in [0.15, 0.2) is 24.3 Å². The Labute approximate surface area is 188 Å². The number of allylic oxidation sites excluding steroid dienone is 2. The highest BCUT2D eigenvalue weighted by atomic mass is 35.5. The fraction of sp³-hybridized carbons (Fsp3) is 0.704. The molecule has 0 atom stereocenters. The summed E-state index contributed by atoms with van der Waals surface area (Å²) in [6.45, 7) is 4.84. The van der Waals surface area contributed by atoms with Crippen LogP contribution in [-0.4, -0.2) is 6.61 Å². The van der Waals surface area contributed by atoms with E-state index in [4.69, 9.17) is 16.3 Å². The third kappa shape index (κ3) is 6.49. The van der Waals surface area contributed by atoms with Gasteiger partial charge in [-0.05, 0) is 100 Å². The number of rotatable bonds is 9. The average molecular weight is 435 g/mol. The van der Waals surface area contributed by atoms with E-state index < -0.39 is 0 Å². The van der Waals surface area contributed by atoms with Crippen molar-refractivity contribution in [1.82, 2.24) is 0 Å². The summed E-state index contributed by atoms with van der Waals surface area (Å²) in [7, 11) is 0. The third-order valence-corrected chi connectivity index (χ3v) is 7.90. The van der Waals surface area contributed by atoms with Gasteiger partial charge >= 0.3 is 0 Å². The molecule has 0 aliphatic heterocycles. The lowest BCUT2D eigenvalue weighted by atomic mass is 9.68. The molecule has 1 nitrogen and oxygen atoms in total. The van der Waals surface area contributed by atoms with Crippen molar-refractivity contribution in [3.8, 4) is 5.75 Å². The smallest absolute Gasteiger partial charge is 0.148 e. The Bertz CT molecular complexity index is 670. The Morgan fingerprint density at radius 1 is 1.03 bits per heavy atom. The van der Waals surface area contributed by atoms with Gasteiger partial charge < -0.3 is 4.74 Å². The molecule has 1 aromatic carbocycles. The zero-order valence-corrected chi connectivity index (χ0v) is 19.7. The van der Waals surface area contributed by atoms with Crippen molar-refractivity contribution in [3.05, 3.63) is 40.7 Å². The molecule has 0 aromatic heterocycles. The molecule has 3 rings (SSSR count). The lowest BCUT2D eigenvalue weighted by molar-refractivity contribution is 0.152. The molecule has 0 amide bonds. The molecule has 0 unspecified atom stereocenters. The summed E-state index contributed by atoms with van der Waals surface area (Å²) in [5.41, 5.74) is 0.743. The molecule has 0 N–H and O–H groups in total. The SMILES string of the molecule is CC=CC1CCC(C2CCC(CCc3ccc(OCCCC)c(Cl)c3F)CC2)CC1. The average Bonchev–Trinajstić information content (AvgIpc) is 2.77. The molecule has 0 saturated heterocycles. The molecule has 2 aliphatic carbocycles. The Morgan fingerprint density at radius 2 is 1.70 bits per heavy atom. The molecular formula is C27H40ClFO. The Kier molecular flexibility index (Phi) is 9.56. The first-order valence-corrected chi connectivity index (χ1v) is 12.7. The fourth-order valence-electron chi connectivity index (χ4n) is 5.59. The van der Waals surface area contributed by atoms with Gasteiger partial charge in [-0.2, -0.15) is 0 Å². The molecule has 168 valence electrons. The van der Waals surface area contributed by atoms with E-state index >= 15 is 0 Å². The second-order valence-electron chi connectivity index (χ2n) is 9.57. The van der Waals surface area contributed by atoms with Gasteiger partial charge in [-0.3, -0.25) is 0 Å². The Balaban J connectivity index is 1.42. The van der Waals surface area contributed by atoms with Gasteiger partial charge in [0.15, 0.2) is 0 Å². The summed E-state index contributed by atoms with van der Waals surface area (Å²) < 4.78 is 20.3. The summed E-state index contributed by atoms with van der Waals surface area (Å²) in [6.07, 6.45) is 19.5. The highest BCUT2D eigenvalue weighted by molar-refractivity contribution is 6.32. The number of unbranched alkanes of at least 4 members (excludes halogenated alkanes) is 1. The lowest BCUT2D eigenvalue weighted by Gasteiger charge is -2.37. The first-order chi connectivity index (χ1) is 14.6. The molecule has 2 aliphatic rings. The van der Waals surface area contributed by atoms with Crippen LogP contribution in [0.2, 0.25) is 5.02 Å². The van der Waals surface area contributed by atoms with Crippen molar-refractivity contribution in [1.29, 1.82) is 0 Å². The van der Waals surface area contributed by atoms with Crippen LogP contribution in [0, 0.1) is 29.5 Å². The summed E-state index contributed by atoms with van der Waals surface area (Å²) in [5.74, 6) is 3.64. The maximum absolute atomic E-state index is 14.7. The van der Waals surface area contributed by atoms with Gasteiger partial charge in [0.2, 0.25) is 0 Å². The maximum Gasteiger partial charge on any atom is 0.148 e. The van der Waals surface area contributed by atoms with E-state index in [-0.39, 0.29) is 10.8 Å². The minimum absolute atomic E-state index is 0.154. The summed E-state index contributed by atoms with van der Waals surface area (Å²) in [6, 6.07) is 3.72. The number of benzene rings is 1. The van der Waals surface area contributed by atoms with Crippen molar-refractivity contribution in [2.24, 2.45) is 23.7 Å². The van der Waals surface area contributed by atoms with E-state index in [2.05, 4.69) is 26.0 Å². The van der Waals surface area contributed by atoms with E-state index in [1.54, 1.807) is 0 Å². The van der Waals surface area contributed by atoms with Gasteiger partial charge in [0.1, 0.15) is 16.6 Å². The van der Waals surface area contributed by atoms with Crippen molar-refractivity contribution in [2.45, 2.75) is 90.9 Å². The topological polar surface area (TPSA) is 9.23 Å². The molecule has 2 saturated carbocycles. The van der Waals surface area contributed by atoms with Crippen LogP contribution >= 0.6 is 11.6 Å². The van der Waals surface area contributed by atoms with Gasteiger partial charge in [0.05, 0.1) is 6.61 Å². The predicted molar refractivity (Wildman–Crippen MR) is 126 cm³/mol. The molecule has 0 bridgehead atoms. The zero-order valence-electron chi connectivity index (χ0n) is 19.0. The van der Waals surface area contributed by atoms with E-state index in [0.717, 1.165) is 54.9 Å². The molecule has 3 heteroatoms. The van der Waals surface area contributed by atoms with Crippen LogP contribution < -0.4 is 4.74 Å². The fourth-order valence-corrected chi connectivity index (χ4v) is 5.83. The van der Waals surface area contributed by atoms with Crippen molar-refractivity contribution in [3.63, 3.8) is 0 Å². The Morgan fingerprint density at radius 3 is 2.33 bits per heavy atom. The van der Waals surface area contributed by atoms with Gasteiger partial charge in [-0.25, -0.2) is 4.39 Å². The highest BCUT2D eigenvalue weighted by Gasteiger charge is 2.30. The van der Waals surface area contributed by atoms with E-state index in [1.165, 1.54) is 51.4 Å². The first kappa shape index (κ1) is 23.6. The van der Waals surface area contributed by atoms with Gasteiger partial charge in [0.25, 0.3) is 0 Å². The normalized spacial score (nSPS) is 27.5. The number of hydrogen-bond donors (Lipinski definition) is 0. The largest absolute Gasteiger partial charge is 0.492 e. The number of ether oxygens (including phenoxy) is 1. The summed E-state index contributed by atoms with van der Waals surface area (Å²) >= 11 is 6.23. The van der Waals surface area contributed by atoms with Crippen molar-refractivity contribution in [2.75, 3.05) is 6.61 Å². The van der Waals surface area contributed by atoms with E-state index in [9.17, 15) is 4.39 Å². The van der Waals surface area contributed by atoms with E-state index in [1.807, 2.05) is 12.1 Å². The molecule has 30 heavy (non-hydrogen) atoms. The summed E-state index contributed by atoms with van der Waals surface area (Å²) in [4.78, 5) is 0. The molecule has 1 aromatic rings. The van der Waals surface area contributed by atoms with Crippen LogP contribution in [-0.2, 0) is 6.42 Å². The lowest BCUT2D eigenvalue weighted by Crippen LogP contribution is -2.25. The predicted octanol–water partition coefficient (Wildman–Crippen LogP) is 8.78. The first-order valence-electron chi connectivity index (χ1n) is 12.3. The number of hydrogen-bond acceptors (Lipinski definition) is 1. The molecular weight excluding hydrogens is 395 g/mol. The molecule has 0 heterocycles. The zero-order chi connectivity index (χ0) is 21.3. The van der Waals surface area contributed by atoms with Gasteiger partial charge in [-0.15, -0.1) is 0 Å². The minimum Gasteiger partial charge on any atom is -0.492 e. The highest BCUT2D eigenvalue weighted by Crippen LogP contribution is 2.42. The minimum atomic E-state index is -0.280. The number of aryl methyl sites for hydroxylation is 1. The molecule has 0 spiro atoms. The van der Waals surface area contributed by atoms with Crippen LogP contribution in [0.1, 0.15) is 90.0 Å². The molecule has 2 fully saturated rings. The quantitative estimate of drug-likeness (QED) is 0.278. The third-order valence-electron chi connectivity index (χ3n) is 7.54. The van der Waals surface area contributed by atoms with Crippen LogP contribution in [0.5, 0.6) is 5.75 Å². The van der Waals surface area contributed by atoms with Crippen molar-refractivity contribution >= 4 is 11.6 Å². The Hall–Kier alpha value is -1.02. The summed E-state index contributed by atoms with van der Waals surface area (Å²) in [5, 5.41) is 0.154. The second kappa shape index (κ2) is 12.1. The molecule has 0 radical (unpaired) electrons.